The molecular weight excluding hydrogens is 542 g/mol. The number of piperazine rings is 1. The van der Waals surface area contributed by atoms with Crippen LogP contribution >= 0.6 is 11.8 Å². The van der Waals surface area contributed by atoms with E-state index in [1.165, 1.54) is 36.2 Å². The van der Waals surface area contributed by atoms with Crippen LogP contribution in [-0.4, -0.2) is 65.7 Å². The maximum absolute atomic E-state index is 13.5. The minimum atomic E-state index is -2.72. The summed E-state index contributed by atoms with van der Waals surface area (Å²) in [5.41, 5.74) is 0.434. The van der Waals surface area contributed by atoms with Crippen LogP contribution in [-0.2, 0) is 9.59 Å². The lowest BCUT2D eigenvalue weighted by molar-refractivity contribution is -0.133. The van der Waals surface area contributed by atoms with Crippen molar-refractivity contribution in [1.29, 1.82) is 0 Å². The highest BCUT2D eigenvalue weighted by Crippen LogP contribution is 2.35. The molecule has 4 rings (SSSR count). The van der Waals surface area contributed by atoms with E-state index >= 15 is 0 Å². The molecule has 40 heavy (non-hydrogen) atoms. The summed E-state index contributed by atoms with van der Waals surface area (Å²) < 4.78 is 38.7. The summed E-state index contributed by atoms with van der Waals surface area (Å²) in [6.07, 6.45) is 1.80. The van der Waals surface area contributed by atoms with Gasteiger partial charge in [0.05, 0.1) is 10.6 Å². The lowest BCUT2D eigenvalue weighted by atomic mass is 10.2. The number of rotatable bonds is 11. The van der Waals surface area contributed by atoms with Crippen molar-refractivity contribution in [2.24, 2.45) is 0 Å². The second kappa shape index (κ2) is 13.7. The first-order chi connectivity index (χ1) is 19.4. The number of ether oxygens (including phenoxy) is 2. The minimum Gasteiger partial charge on any atom is -0.482 e. The Bertz CT molecular complexity index is 1370. The van der Waals surface area contributed by atoms with Crippen molar-refractivity contribution in [1.82, 2.24) is 20.2 Å². The largest absolute Gasteiger partial charge is 0.482 e. The van der Waals surface area contributed by atoms with Crippen molar-refractivity contribution in [3.8, 4) is 17.4 Å². The van der Waals surface area contributed by atoms with E-state index in [-0.39, 0.29) is 47.2 Å². The summed E-state index contributed by atoms with van der Waals surface area (Å²) in [6, 6.07) is 10.6. The van der Waals surface area contributed by atoms with Crippen molar-refractivity contribution in [3.63, 3.8) is 0 Å². The Labute approximate surface area is 234 Å². The Balaban J connectivity index is 1.55. The van der Waals surface area contributed by atoms with E-state index in [1.54, 1.807) is 29.2 Å². The Morgan fingerprint density at radius 1 is 1.23 bits per heavy atom. The minimum absolute atomic E-state index is 0.0635. The Kier molecular flexibility index (Phi) is 9.86. The Morgan fingerprint density at radius 3 is 2.75 bits per heavy atom. The first-order valence-electron chi connectivity index (χ1n) is 12.3. The van der Waals surface area contributed by atoms with Gasteiger partial charge in [-0.05, 0) is 42.7 Å². The lowest BCUT2D eigenvalue weighted by Crippen LogP contribution is -2.47. The van der Waals surface area contributed by atoms with Crippen LogP contribution in [0, 0.1) is 0 Å². The number of hydrogen-bond donors (Lipinski definition) is 3. The maximum Gasteiger partial charge on any atom is 0.263 e. The third-order valence-corrected chi connectivity index (χ3v) is 6.49. The van der Waals surface area contributed by atoms with Crippen LogP contribution in [0.5, 0.6) is 17.4 Å². The van der Waals surface area contributed by atoms with Gasteiger partial charge in [0.15, 0.2) is 6.61 Å². The molecule has 10 nitrogen and oxygen atoms in total. The number of benzene rings is 2. The fourth-order valence-electron chi connectivity index (χ4n) is 3.74. The zero-order chi connectivity index (χ0) is 28.5. The van der Waals surface area contributed by atoms with Crippen LogP contribution in [0.15, 0.2) is 66.2 Å². The molecule has 1 aliphatic rings. The molecule has 2 aromatic carbocycles. The molecule has 3 aromatic rings. The molecule has 0 unspecified atom stereocenters. The zero-order valence-corrected chi connectivity index (χ0v) is 22.5. The van der Waals surface area contributed by atoms with Gasteiger partial charge in [-0.3, -0.25) is 9.59 Å². The highest BCUT2D eigenvalue weighted by atomic mass is 32.2. The van der Waals surface area contributed by atoms with Gasteiger partial charge in [0.1, 0.15) is 11.5 Å². The number of thioether (sulfide) groups is 1. The van der Waals surface area contributed by atoms with Gasteiger partial charge in [-0.1, -0.05) is 12.6 Å². The molecule has 0 spiro atoms. The van der Waals surface area contributed by atoms with Crippen LogP contribution in [0.1, 0.15) is 12.0 Å². The van der Waals surface area contributed by atoms with Crippen LogP contribution in [0.3, 0.4) is 0 Å². The number of alkyl halides is 2. The van der Waals surface area contributed by atoms with Crippen LogP contribution in [0.25, 0.3) is 0 Å². The molecule has 0 saturated carbocycles. The normalized spacial score (nSPS) is 13.1. The fourth-order valence-corrected chi connectivity index (χ4v) is 4.16. The third kappa shape index (κ3) is 7.67. The number of nitrogens with zero attached hydrogens (tertiary/aromatic N) is 3. The van der Waals surface area contributed by atoms with Crippen molar-refractivity contribution in [3.05, 3.63) is 66.9 Å². The summed E-state index contributed by atoms with van der Waals surface area (Å²) in [6.45, 7) is 5.72. The van der Waals surface area contributed by atoms with Gasteiger partial charge in [-0.25, -0.2) is 13.8 Å². The summed E-state index contributed by atoms with van der Waals surface area (Å²) in [7, 11) is 0. The number of halogens is 2. The average molecular weight is 571 g/mol. The number of carbonyl (C=O) groups excluding carboxylic acids is 2. The summed E-state index contributed by atoms with van der Waals surface area (Å²) in [5, 5.41) is 8.76. The van der Waals surface area contributed by atoms with Crippen molar-refractivity contribution in [2.75, 3.05) is 49.7 Å². The van der Waals surface area contributed by atoms with Gasteiger partial charge < -0.3 is 30.3 Å². The number of nitrogens with one attached hydrogen (secondary N) is 3. The highest BCUT2D eigenvalue weighted by molar-refractivity contribution is 7.98. The first-order valence-corrected chi connectivity index (χ1v) is 13.5. The van der Waals surface area contributed by atoms with Crippen LogP contribution in [0.2, 0.25) is 0 Å². The van der Waals surface area contributed by atoms with E-state index in [0.29, 0.717) is 42.5 Å². The Morgan fingerprint density at radius 2 is 2.02 bits per heavy atom. The molecule has 0 atom stereocenters. The molecule has 0 bridgehead atoms. The molecule has 0 aliphatic carbocycles. The topological polar surface area (TPSA) is 118 Å². The van der Waals surface area contributed by atoms with Gasteiger partial charge in [-0.15, -0.1) is 11.8 Å². The first kappa shape index (κ1) is 28.8. The van der Waals surface area contributed by atoms with Crippen molar-refractivity contribution in [2.45, 2.75) is 11.3 Å². The molecule has 13 heteroatoms. The summed E-state index contributed by atoms with van der Waals surface area (Å²) in [4.78, 5) is 35.2. The standard InChI is InChI=1S/C27H28F2N6O4S/c1-3-23(36)32-18-5-4-6-19(14-18)39-26-22(40-2)15-31-27(34-26)33-20-13-17(25(28)29)7-8-21(20)38-16-24(37)35-11-9-30-10-12-35/h3-8,13-15,25,30H,1,9-12,16H2,2H3,(H,32,36)(H,31,33,34). The van der Waals surface area contributed by atoms with E-state index in [0.717, 1.165) is 6.08 Å². The molecule has 1 aliphatic heterocycles. The molecule has 2 heterocycles. The second-order valence-corrected chi connectivity index (χ2v) is 9.34. The SMILES string of the molecule is C=CC(=O)Nc1cccc(Oc2nc(Nc3cc(C(F)F)ccc3OCC(=O)N3CCNCC3)ncc2SC)c1. The van der Waals surface area contributed by atoms with Crippen LogP contribution < -0.4 is 25.4 Å². The molecule has 210 valence electrons. The predicted octanol–water partition coefficient (Wildman–Crippen LogP) is 4.61. The smallest absolute Gasteiger partial charge is 0.263 e. The molecule has 3 N–H and O–H groups in total. The molecular formula is C27H28F2N6O4S. The second-order valence-electron chi connectivity index (χ2n) is 8.49. The van der Waals surface area contributed by atoms with E-state index in [4.69, 9.17) is 9.47 Å². The maximum atomic E-state index is 13.5. The van der Waals surface area contributed by atoms with Gasteiger partial charge in [0, 0.05) is 49.7 Å². The van der Waals surface area contributed by atoms with Gasteiger partial charge >= 0.3 is 0 Å². The monoisotopic (exact) mass is 570 g/mol. The molecule has 1 fully saturated rings. The third-order valence-electron chi connectivity index (χ3n) is 5.77. The number of amides is 2. The number of aromatic nitrogens is 2. The van der Waals surface area contributed by atoms with Gasteiger partial charge in [-0.2, -0.15) is 4.98 Å². The van der Waals surface area contributed by atoms with Gasteiger partial charge in [0.2, 0.25) is 17.7 Å². The lowest BCUT2D eigenvalue weighted by Gasteiger charge is -2.27. The predicted molar refractivity (Wildman–Crippen MR) is 149 cm³/mol. The van der Waals surface area contributed by atoms with Crippen molar-refractivity contribution >= 4 is 40.9 Å². The van der Waals surface area contributed by atoms with Crippen molar-refractivity contribution < 1.29 is 27.8 Å². The summed E-state index contributed by atoms with van der Waals surface area (Å²) >= 11 is 1.35. The molecule has 2 amide bonds. The van der Waals surface area contributed by atoms with E-state index in [2.05, 4.69) is 32.5 Å². The van der Waals surface area contributed by atoms with Crippen LogP contribution in [0.4, 0.5) is 26.1 Å². The molecule has 1 aromatic heterocycles. The fraction of sp³-hybridized carbons (Fsp3) is 0.259. The quantitative estimate of drug-likeness (QED) is 0.224. The summed E-state index contributed by atoms with van der Waals surface area (Å²) in [5.74, 6) is 0.296. The van der Waals surface area contributed by atoms with E-state index < -0.39 is 6.43 Å². The van der Waals surface area contributed by atoms with E-state index in [9.17, 15) is 18.4 Å². The number of hydrogen-bond acceptors (Lipinski definition) is 9. The average Bonchev–Trinajstić information content (AvgIpc) is 2.97. The van der Waals surface area contributed by atoms with E-state index in [1.807, 2.05) is 6.26 Å². The molecule has 0 radical (unpaired) electrons. The zero-order valence-electron chi connectivity index (χ0n) is 21.7. The highest BCUT2D eigenvalue weighted by Gasteiger charge is 2.19. The van der Waals surface area contributed by atoms with Gasteiger partial charge in [0.25, 0.3) is 12.3 Å². The molecule has 1 saturated heterocycles. The number of anilines is 3. The Hall–Kier alpha value is -4.23. The number of carbonyl (C=O) groups is 2.